The number of hydrogen-bond donors (Lipinski definition) is 1. The van der Waals surface area contributed by atoms with E-state index in [1.807, 2.05) is 28.7 Å². The minimum Gasteiger partial charge on any atom is -0.423 e. The summed E-state index contributed by atoms with van der Waals surface area (Å²) in [5, 5.41) is 0. The quantitative estimate of drug-likeness (QED) is 0.285. The molecule has 0 aromatic heterocycles. The van der Waals surface area contributed by atoms with Gasteiger partial charge in [-0.05, 0) is 87.6 Å². The predicted molar refractivity (Wildman–Crippen MR) is 93.1 cm³/mol. The molecule has 0 atom stereocenters. The van der Waals surface area contributed by atoms with Crippen LogP contribution in [-0.2, 0) is 10.1 Å². The Balaban J connectivity index is 2.22. The molecule has 0 aliphatic heterocycles. The molecular weight excluding hydrogens is 522 g/mol. The largest absolute Gasteiger partial charge is 0.423 e. The summed E-state index contributed by atoms with van der Waals surface area (Å²) in [5.74, 6) is -0.334. The molecule has 0 bridgehead atoms. The van der Waals surface area contributed by atoms with Gasteiger partial charge >= 0.3 is 5.97 Å². The first-order valence-electron chi connectivity index (χ1n) is 5.52. The van der Waals surface area contributed by atoms with Gasteiger partial charge in [-0.3, -0.25) is 4.55 Å². The molecule has 0 saturated carbocycles. The van der Waals surface area contributed by atoms with E-state index in [2.05, 4.69) is 22.6 Å². The monoisotopic (exact) mass is 530 g/mol. The Labute approximate surface area is 148 Å². The lowest BCUT2D eigenvalue weighted by Crippen LogP contribution is -2.10. The summed E-state index contributed by atoms with van der Waals surface area (Å²) in [6.07, 6.45) is 0. The van der Waals surface area contributed by atoms with Crippen molar-refractivity contribution in [3.63, 3.8) is 0 Å². The van der Waals surface area contributed by atoms with Crippen LogP contribution in [0.25, 0.3) is 0 Å². The number of carbonyl (C=O) groups excluding carboxylic acids is 1. The van der Waals surface area contributed by atoms with E-state index in [4.69, 9.17) is 9.29 Å². The molecule has 0 saturated heterocycles. The van der Waals surface area contributed by atoms with Crippen molar-refractivity contribution in [3.8, 4) is 5.75 Å². The van der Waals surface area contributed by atoms with Crippen molar-refractivity contribution < 1.29 is 22.5 Å². The lowest BCUT2D eigenvalue weighted by molar-refractivity contribution is 0.0733. The highest BCUT2D eigenvalue weighted by Crippen LogP contribution is 2.20. The fraction of sp³-hybridized carbons (Fsp3) is 0. The van der Waals surface area contributed by atoms with Gasteiger partial charge in [-0.1, -0.05) is 0 Å². The highest BCUT2D eigenvalue weighted by molar-refractivity contribution is 14.1. The molecule has 0 radical (unpaired) electrons. The van der Waals surface area contributed by atoms with Gasteiger partial charge in [0, 0.05) is 7.14 Å². The van der Waals surface area contributed by atoms with E-state index in [1.54, 1.807) is 12.1 Å². The van der Waals surface area contributed by atoms with Gasteiger partial charge in [0.1, 0.15) is 5.75 Å². The van der Waals surface area contributed by atoms with Crippen LogP contribution in [0.15, 0.2) is 47.4 Å². The number of halogens is 2. The summed E-state index contributed by atoms with van der Waals surface area (Å²) >= 11 is 4.13. The molecule has 0 spiro atoms. The van der Waals surface area contributed by atoms with Crippen LogP contribution in [0.3, 0.4) is 0 Å². The normalized spacial score (nSPS) is 11.2. The predicted octanol–water partition coefficient (Wildman–Crippen LogP) is 3.36. The van der Waals surface area contributed by atoms with Gasteiger partial charge in [-0.15, -0.1) is 0 Å². The Morgan fingerprint density at radius 1 is 1.05 bits per heavy atom. The van der Waals surface area contributed by atoms with E-state index in [9.17, 15) is 13.2 Å². The maximum atomic E-state index is 12.1. The highest BCUT2D eigenvalue weighted by Gasteiger charge is 2.14. The summed E-state index contributed by atoms with van der Waals surface area (Å²) in [6.45, 7) is 0. The first-order chi connectivity index (χ1) is 9.77. The van der Waals surface area contributed by atoms with Gasteiger partial charge < -0.3 is 4.74 Å². The third kappa shape index (κ3) is 4.37. The van der Waals surface area contributed by atoms with Crippen molar-refractivity contribution >= 4 is 61.3 Å². The van der Waals surface area contributed by atoms with Crippen LogP contribution >= 0.6 is 45.2 Å². The lowest BCUT2D eigenvalue weighted by atomic mass is 10.2. The zero-order chi connectivity index (χ0) is 15.6. The van der Waals surface area contributed by atoms with Gasteiger partial charge in [0.15, 0.2) is 0 Å². The van der Waals surface area contributed by atoms with Gasteiger partial charge in [-0.2, -0.15) is 8.42 Å². The van der Waals surface area contributed by atoms with Crippen LogP contribution in [0.1, 0.15) is 10.4 Å². The van der Waals surface area contributed by atoms with Crippen LogP contribution in [0.2, 0.25) is 0 Å². The maximum absolute atomic E-state index is 12.1. The molecule has 110 valence electrons. The number of ether oxygens (including phenoxy) is 1. The lowest BCUT2D eigenvalue weighted by Gasteiger charge is -2.07. The van der Waals surface area contributed by atoms with Gasteiger partial charge in [0.2, 0.25) is 0 Å². The summed E-state index contributed by atoms with van der Waals surface area (Å²) in [5.41, 5.74) is 0.432. The van der Waals surface area contributed by atoms with Crippen molar-refractivity contribution in [2.75, 3.05) is 0 Å². The van der Waals surface area contributed by atoms with Crippen molar-refractivity contribution in [3.05, 3.63) is 55.2 Å². The summed E-state index contributed by atoms with van der Waals surface area (Å²) in [7, 11) is -4.26. The second-order valence-electron chi connectivity index (χ2n) is 3.96. The Hall–Kier alpha value is -0.720. The number of esters is 1. The molecule has 0 unspecified atom stereocenters. The second kappa shape index (κ2) is 6.58. The third-order valence-electron chi connectivity index (χ3n) is 2.48. The van der Waals surface area contributed by atoms with Crippen LogP contribution < -0.4 is 4.74 Å². The van der Waals surface area contributed by atoms with Crippen LogP contribution in [-0.4, -0.2) is 18.9 Å². The highest BCUT2D eigenvalue weighted by atomic mass is 127. The molecule has 0 fully saturated rings. The van der Waals surface area contributed by atoms with Gasteiger partial charge in [-0.25, -0.2) is 4.79 Å². The number of rotatable bonds is 3. The number of benzene rings is 2. The Morgan fingerprint density at radius 2 is 1.67 bits per heavy atom. The fourth-order valence-electron chi connectivity index (χ4n) is 1.50. The van der Waals surface area contributed by atoms with Crippen LogP contribution in [0.5, 0.6) is 5.75 Å². The standard InChI is InChI=1S/C13H8I2O5S/c14-8-1-6-12(15)11(7-8)13(16)20-9-2-4-10(5-3-9)21(17,18)19/h1-7H,(H,17,18,19). The van der Waals surface area contributed by atoms with E-state index in [-0.39, 0.29) is 10.6 Å². The minimum atomic E-state index is -4.26. The Bertz CT molecular complexity index is 785. The number of carbonyl (C=O) groups is 1. The molecule has 8 heteroatoms. The minimum absolute atomic E-state index is 0.196. The summed E-state index contributed by atoms with van der Waals surface area (Å²) in [6, 6.07) is 10.3. The topological polar surface area (TPSA) is 80.7 Å². The SMILES string of the molecule is O=C(Oc1ccc(S(=O)(=O)O)cc1)c1cc(I)ccc1I. The molecule has 2 aromatic rings. The first kappa shape index (κ1) is 16.6. The fourth-order valence-corrected chi connectivity index (χ4v) is 3.02. The van der Waals surface area contributed by atoms with Crippen molar-refractivity contribution in [1.82, 2.24) is 0 Å². The zero-order valence-electron chi connectivity index (χ0n) is 10.3. The van der Waals surface area contributed by atoms with E-state index in [0.29, 0.717) is 5.56 Å². The van der Waals surface area contributed by atoms with E-state index in [0.717, 1.165) is 19.3 Å². The molecule has 0 amide bonds. The van der Waals surface area contributed by atoms with E-state index in [1.165, 1.54) is 12.1 Å². The molecule has 1 N–H and O–H groups in total. The van der Waals surface area contributed by atoms with E-state index < -0.39 is 16.1 Å². The zero-order valence-corrected chi connectivity index (χ0v) is 15.4. The van der Waals surface area contributed by atoms with E-state index >= 15 is 0 Å². The molecule has 0 aliphatic carbocycles. The Kier molecular flexibility index (Phi) is 5.22. The summed E-state index contributed by atoms with van der Waals surface area (Å²) < 4.78 is 37.5. The molecule has 21 heavy (non-hydrogen) atoms. The molecule has 0 aliphatic rings. The van der Waals surface area contributed by atoms with Crippen LogP contribution in [0.4, 0.5) is 0 Å². The Morgan fingerprint density at radius 3 is 2.24 bits per heavy atom. The maximum Gasteiger partial charge on any atom is 0.344 e. The first-order valence-corrected chi connectivity index (χ1v) is 9.12. The second-order valence-corrected chi connectivity index (χ2v) is 7.79. The van der Waals surface area contributed by atoms with Crippen molar-refractivity contribution in [2.24, 2.45) is 0 Å². The average Bonchev–Trinajstić information content (AvgIpc) is 2.41. The average molecular weight is 530 g/mol. The van der Waals surface area contributed by atoms with Crippen LogP contribution in [0, 0.1) is 7.14 Å². The molecule has 2 rings (SSSR count). The van der Waals surface area contributed by atoms with Gasteiger partial charge in [0.25, 0.3) is 10.1 Å². The van der Waals surface area contributed by atoms with Crippen molar-refractivity contribution in [1.29, 1.82) is 0 Å². The summed E-state index contributed by atoms with van der Waals surface area (Å²) in [4.78, 5) is 11.8. The molecule has 5 nitrogen and oxygen atoms in total. The van der Waals surface area contributed by atoms with Crippen molar-refractivity contribution in [2.45, 2.75) is 4.90 Å². The van der Waals surface area contributed by atoms with Gasteiger partial charge in [0.05, 0.1) is 10.5 Å². The third-order valence-corrected chi connectivity index (χ3v) is 4.96. The molecule has 2 aromatic carbocycles. The smallest absolute Gasteiger partial charge is 0.344 e. The molecular formula is C13H8I2O5S. The number of hydrogen-bond acceptors (Lipinski definition) is 4. The molecule has 0 heterocycles.